The van der Waals surface area contributed by atoms with Crippen LogP contribution < -0.4 is 20.5 Å². The first-order chi connectivity index (χ1) is 19.5. The van der Waals surface area contributed by atoms with E-state index < -0.39 is 11.6 Å². The molecule has 202 valence electrons. The zero-order valence-electron chi connectivity index (χ0n) is 22.8. The van der Waals surface area contributed by atoms with Gasteiger partial charge in [-0.3, -0.25) is 0 Å². The van der Waals surface area contributed by atoms with Crippen LogP contribution in [0.5, 0.6) is 0 Å². The Bertz CT molecular complexity index is 1990. The van der Waals surface area contributed by atoms with Gasteiger partial charge in [-0.15, -0.1) is 0 Å². The fourth-order valence-electron chi connectivity index (χ4n) is 6.81. The van der Waals surface area contributed by atoms with E-state index in [0.29, 0.717) is 27.7 Å². The van der Waals surface area contributed by atoms with Gasteiger partial charge >= 0.3 is 11.6 Å². The normalized spacial score (nSPS) is 14.6. The van der Waals surface area contributed by atoms with Gasteiger partial charge in [0.25, 0.3) is 0 Å². The minimum absolute atomic E-state index is 0.140. The number of aryl methyl sites for hydroxylation is 2. The molecule has 3 aromatic carbocycles. The summed E-state index contributed by atoms with van der Waals surface area (Å²) >= 11 is 0. The molecule has 4 heterocycles. The molecule has 2 aliphatic rings. The summed E-state index contributed by atoms with van der Waals surface area (Å²) in [4.78, 5) is 28.7. The summed E-state index contributed by atoms with van der Waals surface area (Å²) < 4.78 is 14.9. The van der Waals surface area contributed by atoms with E-state index in [1.165, 1.54) is 11.3 Å². The first-order valence-corrected chi connectivity index (χ1v) is 14.2. The molecule has 0 fully saturated rings. The van der Waals surface area contributed by atoms with Gasteiger partial charge in [0.15, 0.2) is 5.58 Å². The summed E-state index contributed by atoms with van der Waals surface area (Å²) in [6, 6.07) is 14.9. The van der Waals surface area contributed by atoms with Crippen molar-refractivity contribution in [2.75, 3.05) is 31.1 Å². The summed E-state index contributed by atoms with van der Waals surface area (Å²) in [6.45, 7) is 7.88. The van der Waals surface area contributed by atoms with Gasteiger partial charge < -0.3 is 18.8 Å². The van der Waals surface area contributed by atoms with Gasteiger partial charge in [-0.2, -0.15) is 0 Å². The Balaban J connectivity index is 1.71. The monoisotopic (exact) mass is 535 g/mol. The second kappa shape index (κ2) is 9.37. The van der Waals surface area contributed by atoms with E-state index in [1.54, 1.807) is 18.2 Å². The van der Waals surface area contributed by atoms with Gasteiger partial charge in [0.1, 0.15) is 29.6 Å². The summed E-state index contributed by atoms with van der Waals surface area (Å²) in [6.07, 6.45) is 3.89. The zero-order valence-corrected chi connectivity index (χ0v) is 22.8. The molecular formula is C33H31N2O5+. The quantitative estimate of drug-likeness (QED) is 0.140. The van der Waals surface area contributed by atoms with Crippen molar-refractivity contribution in [1.82, 2.24) is 4.58 Å². The highest BCUT2D eigenvalue weighted by Gasteiger charge is 2.30. The SMILES string of the molecule is CC[N+](CC)=c1ccc2c(c1)oc(=O)c1c(-c3ccccc3C(=O)O)c3cc4c5c(c3oc12)CCCN5CCC4. The summed E-state index contributed by atoms with van der Waals surface area (Å²) in [5, 5.41) is 12.9. The van der Waals surface area contributed by atoms with E-state index in [-0.39, 0.29) is 10.9 Å². The first kappa shape index (κ1) is 24.6. The minimum atomic E-state index is -1.04. The molecule has 7 nitrogen and oxygen atoms in total. The third-order valence-corrected chi connectivity index (χ3v) is 8.59. The van der Waals surface area contributed by atoms with Crippen LogP contribution in [0.15, 0.2) is 62.2 Å². The van der Waals surface area contributed by atoms with E-state index >= 15 is 0 Å². The van der Waals surface area contributed by atoms with Crippen LogP contribution in [0.25, 0.3) is 44.0 Å². The molecule has 0 atom stereocenters. The Morgan fingerprint density at radius 2 is 1.73 bits per heavy atom. The number of hydrogen-bond donors (Lipinski definition) is 1. The van der Waals surface area contributed by atoms with Crippen molar-refractivity contribution >= 4 is 44.6 Å². The molecule has 0 amide bonds. The predicted octanol–water partition coefficient (Wildman–Crippen LogP) is 5.57. The van der Waals surface area contributed by atoms with Gasteiger partial charge in [0, 0.05) is 41.4 Å². The van der Waals surface area contributed by atoms with Crippen LogP contribution in [0.1, 0.15) is 48.2 Å². The average Bonchev–Trinajstić information content (AvgIpc) is 2.97. The van der Waals surface area contributed by atoms with Crippen LogP contribution in [0.2, 0.25) is 0 Å². The molecule has 0 unspecified atom stereocenters. The summed E-state index contributed by atoms with van der Waals surface area (Å²) in [7, 11) is 0. The molecular weight excluding hydrogens is 504 g/mol. The van der Waals surface area contributed by atoms with Crippen LogP contribution in [0.4, 0.5) is 5.69 Å². The second-order valence-electron chi connectivity index (χ2n) is 10.7. The van der Waals surface area contributed by atoms with E-state index in [9.17, 15) is 14.7 Å². The molecule has 7 rings (SSSR count). The topological polar surface area (TPSA) is 86.9 Å². The molecule has 2 aliphatic heterocycles. The standard InChI is InChI=1S/C33H30N2O5/c1-3-34(4-2)20-13-14-23-26(18-20)39-33(38)28-27(21-10-5-6-11-22(21)32(36)37)25-17-19-9-7-15-35-16-8-12-24(29(19)35)30(25)40-31(23)28/h5-6,10-11,13-14,17-18H,3-4,7-9,12,15-16H2,1-2H3/p+1. The van der Waals surface area contributed by atoms with Crippen LogP contribution in [0, 0.1) is 0 Å². The number of carbonyl (C=O) groups is 1. The van der Waals surface area contributed by atoms with E-state index in [0.717, 1.165) is 73.8 Å². The Labute approximate surface area is 230 Å². The fraction of sp³-hybridized carbons (Fsp3) is 0.303. The molecule has 40 heavy (non-hydrogen) atoms. The van der Waals surface area contributed by atoms with Crippen molar-refractivity contribution in [3.8, 4) is 11.1 Å². The smallest absolute Gasteiger partial charge is 0.348 e. The van der Waals surface area contributed by atoms with Crippen molar-refractivity contribution < 1.29 is 18.7 Å². The third kappa shape index (κ3) is 3.60. The number of fused-ring (bicyclic) bond motifs is 5. The first-order valence-electron chi connectivity index (χ1n) is 14.2. The molecule has 0 radical (unpaired) electrons. The summed E-state index contributed by atoms with van der Waals surface area (Å²) in [5.41, 5.74) is 5.91. The van der Waals surface area contributed by atoms with Gasteiger partial charge in [0.05, 0.1) is 17.0 Å². The maximum Gasteiger partial charge on any atom is 0.348 e. The lowest BCUT2D eigenvalue weighted by atomic mass is 9.86. The lowest BCUT2D eigenvalue weighted by Gasteiger charge is -2.37. The van der Waals surface area contributed by atoms with Crippen LogP contribution in [-0.4, -0.2) is 37.3 Å². The lowest BCUT2D eigenvalue weighted by Crippen LogP contribution is -2.34. The van der Waals surface area contributed by atoms with Gasteiger partial charge in [-0.1, -0.05) is 18.2 Å². The average molecular weight is 536 g/mol. The van der Waals surface area contributed by atoms with E-state index in [1.807, 2.05) is 24.3 Å². The van der Waals surface area contributed by atoms with Crippen molar-refractivity contribution in [3.63, 3.8) is 0 Å². The molecule has 0 spiro atoms. The van der Waals surface area contributed by atoms with Crippen LogP contribution in [-0.2, 0) is 12.8 Å². The molecule has 0 aliphatic carbocycles. The number of carboxylic acids is 1. The van der Waals surface area contributed by atoms with Crippen LogP contribution >= 0.6 is 0 Å². The molecule has 0 saturated carbocycles. The molecule has 0 saturated heterocycles. The van der Waals surface area contributed by atoms with Crippen molar-refractivity contribution in [1.29, 1.82) is 0 Å². The Kier molecular flexibility index (Phi) is 5.77. The highest BCUT2D eigenvalue weighted by Crippen LogP contribution is 2.46. The number of benzene rings is 3. The predicted molar refractivity (Wildman–Crippen MR) is 157 cm³/mol. The van der Waals surface area contributed by atoms with E-state index in [4.69, 9.17) is 8.83 Å². The van der Waals surface area contributed by atoms with Crippen molar-refractivity contribution in [3.05, 3.63) is 81.0 Å². The molecule has 0 bridgehead atoms. The largest absolute Gasteiger partial charge is 0.478 e. The van der Waals surface area contributed by atoms with Gasteiger partial charge in [-0.05, 0) is 68.9 Å². The van der Waals surface area contributed by atoms with Crippen molar-refractivity contribution in [2.45, 2.75) is 39.5 Å². The Morgan fingerprint density at radius 1 is 0.950 bits per heavy atom. The van der Waals surface area contributed by atoms with E-state index in [2.05, 4.69) is 29.4 Å². The molecule has 1 N–H and O–H groups in total. The Morgan fingerprint density at radius 3 is 2.50 bits per heavy atom. The molecule has 7 heteroatoms. The lowest BCUT2D eigenvalue weighted by molar-refractivity contribution is 0.0697. The zero-order chi connectivity index (χ0) is 27.5. The number of aromatic carboxylic acids is 1. The maximum absolute atomic E-state index is 13.8. The second-order valence-corrected chi connectivity index (χ2v) is 10.7. The van der Waals surface area contributed by atoms with Gasteiger partial charge in [-0.25, -0.2) is 14.2 Å². The minimum Gasteiger partial charge on any atom is -0.478 e. The highest BCUT2D eigenvalue weighted by molar-refractivity contribution is 6.17. The fourth-order valence-corrected chi connectivity index (χ4v) is 6.81. The number of nitrogens with zero attached hydrogens (tertiary/aromatic N) is 2. The Hall–Kier alpha value is -4.39. The maximum atomic E-state index is 13.8. The number of carboxylic acid groups (broad SMARTS) is 1. The number of rotatable bonds is 4. The number of anilines is 1. The highest BCUT2D eigenvalue weighted by atomic mass is 16.4. The van der Waals surface area contributed by atoms with Gasteiger partial charge in [0.2, 0.25) is 5.36 Å². The molecule has 2 aromatic heterocycles. The summed E-state index contributed by atoms with van der Waals surface area (Å²) in [5.74, 6) is -1.04. The van der Waals surface area contributed by atoms with Crippen molar-refractivity contribution in [2.24, 2.45) is 0 Å². The molecule has 5 aromatic rings. The third-order valence-electron chi connectivity index (χ3n) is 8.59. The van der Waals surface area contributed by atoms with Crippen LogP contribution in [0.3, 0.4) is 0 Å². The number of hydrogen-bond acceptors (Lipinski definition) is 5.